The van der Waals surface area contributed by atoms with Crippen LogP contribution in [0, 0.1) is 5.82 Å². The summed E-state index contributed by atoms with van der Waals surface area (Å²) in [5, 5.41) is -0.0591. The molecule has 0 aliphatic rings. The zero-order valence-electron chi connectivity index (χ0n) is 10.3. The average molecular weight is 370 g/mol. The highest BCUT2D eigenvalue weighted by molar-refractivity contribution is 8.13. The van der Waals surface area contributed by atoms with Gasteiger partial charge in [-0.2, -0.15) is 0 Å². The molecule has 3 nitrogen and oxygen atoms in total. The van der Waals surface area contributed by atoms with E-state index in [1.165, 1.54) is 6.07 Å². The van der Waals surface area contributed by atoms with E-state index in [1.807, 2.05) is 0 Å². The Morgan fingerprint density at radius 2 is 1.67 bits per heavy atom. The van der Waals surface area contributed by atoms with Gasteiger partial charge < -0.3 is 4.74 Å². The van der Waals surface area contributed by atoms with Crippen LogP contribution in [0.1, 0.15) is 5.56 Å². The van der Waals surface area contributed by atoms with E-state index >= 15 is 0 Å². The minimum Gasteiger partial charge on any atom is -0.486 e. The smallest absolute Gasteiger partial charge is 0.261 e. The van der Waals surface area contributed by atoms with Gasteiger partial charge in [0.15, 0.2) is 5.75 Å². The van der Waals surface area contributed by atoms with Crippen LogP contribution in [-0.4, -0.2) is 8.42 Å². The fourth-order valence-corrected chi connectivity index (χ4v) is 3.09. The molecule has 0 atom stereocenters. The summed E-state index contributed by atoms with van der Waals surface area (Å²) in [6.07, 6.45) is 0. The Balaban J connectivity index is 2.28. The maximum atomic E-state index is 13.5. The normalized spacial score (nSPS) is 11.4. The predicted octanol–water partition coefficient (Wildman–Crippen LogP) is 4.64. The number of ether oxygens (including phenoxy) is 1. The van der Waals surface area contributed by atoms with E-state index in [0.717, 1.165) is 12.1 Å². The van der Waals surface area contributed by atoms with E-state index in [2.05, 4.69) is 0 Å². The fourth-order valence-electron chi connectivity index (χ4n) is 1.58. The van der Waals surface area contributed by atoms with E-state index in [0.29, 0.717) is 5.56 Å². The van der Waals surface area contributed by atoms with Gasteiger partial charge in [0, 0.05) is 16.2 Å². The Morgan fingerprint density at radius 1 is 1.10 bits per heavy atom. The lowest BCUT2D eigenvalue weighted by molar-refractivity contribution is 0.300. The van der Waals surface area contributed by atoms with Gasteiger partial charge in [-0.15, -0.1) is 0 Å². The molecule has 0 aromatic heterocycles. The van der Waals surface area contributed by atoms with Gasteiger partial charge in [-0.25, -0.2) is 12.8 Å². The third-order valence-corrected chi connectivity index (χ3v) is 4.48. The van der Waals surface area contributed by atoms with Gasteiger partial charge in [0.25, 0.3) is 9.05 Å². The summed E-state index contributed by atoms with van der Waals surface area (Å²) >= 11 is 11.8. The summed E-state index contributed by atoms with van der Waals surface area (Å²) in [5.74, 6) is -0.365. The van der Waals surface area contributed by atoms with Crippen LogP contribution >= 0.6 is 33.9 Å². The SMILES string of the molecule is O=S(=O)(Cl)c1cc(Cl)c(OCc2ccccc2F)c(Cl)c1. The highest BCUT2D eigenvalue weighted by Gasteiger charge is 2.17. The molecule has 2 aromatic carbocycles. The number of rotatable bonds is 4. The van der Waals surface area contributed by atoms with Crippen molar-refractivity contribution in [3.63, 3.8) is 0 Å². The van der Waals surface area contributed by atoms with Gasteiger partial charge in [0.2, 0.25) is 0 Å². The van der Waals surface area contributed by atoms with Crippen molar-refractivity contribution in [1.82, 2.24) is 0 Å². The van der Waals surface area contributed by atoms with E-state index < -0.39 is 14.9 Å². The van der Waals surface area contributed by atoms with Crippen molar-refractivity contribution in [2.24, 2.45) is 0 Å². The van der Waals surface area contributed by atoms with Crippen molar-refractivity contribution in [2.45, 2.75) is 11.5 Å². The van der Waals surface area contributed by atoms with Gasteiger partial charge in [-0.1, -0.05) is 41.4 Å². The maximum absolute atomic E-state index is 13.5. The monoisotopic (exact) mass is 368 g/mol. The van der Waals surface area contributed by atoms with Crippen molar-refractivity contribution in [1.29, 1.82) is 0 Å². The molecule has 0 unspecified atom stereocenters. The summed E-state index contributed by atoms with van der Waals surface area (Å²) in [6.45, 7) is -0.0981. The summed E-state index contributed by atoms with van der Waals surface area (Å²) < 4.78 is 41.3. The highest BCUT2D eigenvalue weighted by Crippen LogP contribution is 2.36. The predicted molar refractivity (Wildman–Crippen MR) is 80.2 cm³/mol. The van der Waals surface area contributed by atoms with Crippen molar-refractivity contribution < 1.29 is 17.5 Å². The topological polar surface area (TPSA) is 43.4 Å². The Hall–Kier alpha value is -1.01. The second-order valence-corrected chi connectivity index (χ2v) is 7.41. The van der Waals surface area contributed by atoms with Crippen LogP contribution in [0.15, 0.2) is 41.3 Å². The fraction of sp³-hybridized carbons (Fsp3) is 0.0769. The second-order valence-electron chi connectivity index (χ2n) is 4.03. The zero-order valence-corrected chi connectivity index (χ0v) is 13.4. The van der Waals surface area contributed by atoms with Crippen LogP contribution < -0.4 is 4.74 Å². The van der Waals surface area contributed by atoms with Gasteiger partial charge in [-0.3, -0.25) is 0 Å². The minimum absolute atomic E-state index is 0.0296. The zero-order chi connectivity index (χ0) is 15.6. The largest absolute Gasteiger partial charge is 0.486 e. The summed E-state index contributed by atoms with van der Waals surface area (Å²) in [7, 11) is 1.26. The quantitative estimate of drug-likeness (QED) is 0.737. The average Bonchev–Trinajstić information content (AvgIpc) is 2.38. The Morgan fingerprint density at radius 3 is 2.19 bits per heavy atom. The Bertz CT molecular complexity index is 755. The number of hydrogen-bond donors (Lipinski definition) is 0. The first-order valence-electron chi connectivity index (χ1n) is 5.59. The maximum Gasteiger partial charge on any atom is 0.261 e. The molecule has 0 heterocycles. The molecule has 8 heteroatoms. The molecule has 0 radical (unpaired) electrons. The number of halogens is 4. The molecule has 0 aliphatic heterocycles. The van der Waals surface area contributed by atoms with E-state index in [1.54, 1.807) is 18.2 Å². The van der Waals surface area contributed by atoms with Gasteiger partial charge >= 0.3 is 0 Å². The highest BCUT2D eigenvalue weighted by atomic mass is 35.7. The lowest BCUT2D eigenvalue weighted by atomic mass is 10.2. The summed E-state index contributed by atoms with van der Waals surface area (Å²) in [5.41, 5.74) is 0.318. The van der Waals surface area contributed by atoms with Crippen LogP contribution in [0.4, 0.5) is 4.39 Å². The van der Waals surface area contributed by atoms with Crippen molar-refractivity contribution in [2.75, 3.05) is 0 Å². The first-order chi connectivity index (χ1) is 9.79. The van der Waals surface area contributed by atoms with Gasteiger partial charge in [-0.05, 0) is 18.2 Å². The Labute approximate surface area is 135 Å². The third-order valence-electron chi connectivity index (χ3n) is 2.58. The van der Waals surface area contributed by atoms with Crippen molar-refractivity contribution >= 4 is 42.9 Å². The minimum atomic E-state index is -3.95. The van der Waals surface area contributed by atoms with E-state index in [-0.39, 0.29) is 27.3 Å². The molecule has 0 fully saturated rings. The van der Waals surface area contributed by atoms with Crippen molar-refractivity contribution in [3.8, 4) is 5.75 Å². The van der Waals surface area contributed by atoms with Crippen LogP contribution in [0.2, 0.25) is 10.0 Å². The van der Waals surface area contributed by atoms with Gasteiger partial charge in [0.05, 0.1) is 14.9 Å². The van der Waals surface area contributed by atoms with Crippen molar-refractivity contribution in [3.05, 3.63) is 57.8 Å². The molecule has 21 heavy (non-hydrogen) atoms. The molecular weight excluding hydrogens is 362 g/mol. The molecule has 0 saturated heterocycles. The Kier molecular flexibility index (Phi) is 4.99. The molecule has 0 spiro atoms. The molecule has 0 amide bonds. The van der Waals surface area contributed by atoms with Crippen LogP contribution in [0.5, 0.6) is 5.75 Å². The number of benzene rings is 2. The first kappa shape index (κ1) is 16.4. The van der Waals surface area contributed by atoms with Crippen LogP contribution in [0.3, 0.4) is 0 Å². The third kappa shape index (κ3) is 4.01. The van der Waals surface area contributed by atoms with Gasteiger partial charge in [0.1, 0.15) is 12.4 Å². The molecule has 2 aromatic rings. The lowest BCUT2D eigenvalue weighted by Crippen LogP contribution is -2.00. The molecule has 0 aliphatic carbocycles. The molecular formula is C13H8Cl3FO3S. The number of hydrogen-bond acceptors (Lipinski definition) is 3. The van der Waals surface area contributed by atoms with E-state index in [9.17, 15) is 12.8 Å². The molecule has 112 valence electrons. The summed E-state index contributed by atoms with van der Waals surface area (Å²) in [4.78, 5) is -0.239. The molecule has 2 rings (SSSR count). The molecule has 0 N–H and O–H groups in total. The van der Waals surface area contributed by atoms with E-state index in [4.69, 9.17) is 38.6 Å². The standard InChI is InChI=1S/C13H8Cl3FO3S/c14-10-5-9(21(16,18)19)6-11(15)13(10)20-7-8-3-1-2-4-12(8)17/h1-6H,7H2. The first-order valence-corrected chi connectivity index (χ1v) is 8.65. The van der Waals surface area contributed by atoms with Crippen LogP contribution in [0.25, 0.3) is 0 Å². The summed E-state index contributed by atoms with van der Waals surface area (Å²) in [6, 6.07) is 8.30. The molecule has 0 saturated carbocycles. The second kappa shape index (κ2) is 6.40. The van der Waals surface area contributed by atoms with Crippen LogP contribution in [-0.2, 0) is 15.7 Å². The lowest BCUT2D eigenvalue weighted by Gasteiger charge is -2.11. The molecule has 0 bridgehead atoms.